The van der Waals surface area contributed by atoms with Crippen LogP contribution in [0.3, 0.4) is 0 Å². The third-order valence-electron chi connectivity index (χ3n) is 6.68. The molecule has 1 saturated heterocycles. The van der Waals surface area contributed by atoms with Gasteiger partial charge in [-0.15, -0.1) is 0 Å². The number of halogens is 1. The van der Waals surface area contributed by atoms with E-state index in [1.165, 1.54) is 0 Å². The molecule has 39 heavy (non-hydrogen) atoms. The van der Waals surface area contributed by atoms with Crippen LogP contribution in [0.15, 0.2) is 59.6 Å². The van der Waals surface area contributed by atoms with E-state index in [1.807, 2.05) is 25.1 Å². The van der Waals surface area contributed by atoms with Crippen LogP contribution in [0.5, 0.6) is 5.88 Å². The van der Waals surface area contributed by atoms with Gasteiger partial charge in [-0.3, -0.25) is 4.79 Å². The third kappa shape index (κ3) is 5.83. The molecule has 2 N–H and O–H groups in total. The number of ether oxygens (including phenoxy) is 2. The Kier molecular flexibility index (Phi) is 7.97. The van der Waals surface area contributed by atoms with E-state index >= 15 is 0 Å². The number of aryl methyl sites for hydroxylation is 1. The van der Waals surface area contributed by atoms with Gasteiger partial charge in [-0.05, 0) is 67.2 Å². The second-order valence-electron chi connectivity index (χ2n) is 9.20. The highest BCUT2D eigenvalue weighted by Crippen LogP contribution is 2.30. The van der Waals surface area contributed by atoms with Crippen molar-refractivity contribution in [2.75, 3.05) is 55.6 Å². The molecule has 202 valence electrons. The first-order valence-electron chi connectivity index (χ1n) is 12.5. The van der Waals surface area contributed by atoms with E-state index in [0.717, 1.165) is 43.2 Å². The Morgan fingerprint density at radius 2 is 1.95 bits per heavy atom. The zero-order chi connectivity index (χ0) is 27.5. The molecule has 2 aliphatic rings. The first-order chi connectivity index (χ1) is 18.8. The average Bonchev–Trinajstić information content (AvgIpc) is 3.05. The molecule has 3 heterocycles. The van der Waals surface area contributed by atoms with Crippen molar-refractivity contribution in [1.82, 2.24) is 10.3 Å². The molecule has 0 spiro atoms. The number of nitrogens with zero attached hydrogens (tertiary/aromatic N) is 4. The number of pyridine rings is 1. The van der Waals surface area contributed by atoms with Crippen LogP contribution >= 0.6 is 23.8 Å². The summed E-state index contributed by atoms with van der Waals surface area (Å²) in [4.78, 5) is 26.8. The first kappa shape index (κ1) is 26.9. The Balaban J connectivity index is 1.43. The Morgan fingerprint density at radius 3 is 2.69 bits per heavy atom. The van der Waals surface area contributed by atoms with Crippen LogP contribution in [0.2, 0.25) is 5.02 Å². The number of thiocarbonyl (C=S) groups is 1. The van der Waals surface area contributed by atoms with Crippen LogP contribution in [0.4, 0.5) is 17.1 Å². The van der Waals surface area contributed by atoms with Crippen LogP contribution in [-0.4, -0.2) is 68.3 Å². The maximum absolute atomic E-state index is 13.5. The SMILES string of the molecule is COc1cccc(C2=NC(NC(=S)Nc3ccc(N4CCOCC4)cc3C)C(=O)N(C)c3ccc(Cl)cc32)n1. The van der Waals surface area contributed by atoms with E-state index in [9.17, 15) is 4.79 Å². The zero-order valence-corrected chi connectivity index (χ0v) is 23.5. The maximum Gasteiger partial charge on any atom is 0.272 e. The van der Waals surface area contributed by atoms with Crippen molar-refractivity contribution in [3.8, 4) is 5.88 Å². The summed E-state index contributed by atoms with van der Waals surface area (Å²) < 4.78 is 10.8. The molecule has 1 amide bonds. The van der Waals surface area contributed by atoms with Gasteiger partial charge < -0.3 is 29.9 Å². The lowest BCUT2D eigenvalue weighted by atomic mass is 10.0. The lowest BCUT2D eigenvalue weighted by Gasteiger charge is -2.29. The number of rotatable bonds is 5. The zero-order valence-electron chi connectivity index (χ0n) is 21.9. The predicted molar refractivity (Wildman–Crippen MR) is 159 cm³/mol. The summed E-state index contributed by atoms with van der Waals surface area (Å²) in [6.45, 7) is 5.19. The van der Waals surface area contributed by atoms with Gasteiger partial charge in [0, 0.05) is 48.2 Å². The summed E-state index contributed by atoms with van der Waals surface area (Å²) in [5.41, 5.74) is 5.38. The van der Waals surface area contributed by atoms with E-state index in [-0.39, 0.29) is 11.0 Å². The van der Waals surface area contributed by atoms with Gasteiger partial charge in [0.25, 0.3) is 5.91 Å². The molecule has 2 aromatic carbocycles. The second-order valence-corrected chi connectivity index (χ2v) is 10.0. The fraction of sp³-hybridized carbons (Fsp3) is 0.286. The molecule has 0 aliphatic carbocycles. The number of aromatic nitrogens is 1. The second kappa shape index (κ2) is 11.6. The molecule has 1 atom stereocenters. The number of anilines is 3. The number of carbonyl (C=O) groups excluding carboxylic acids is 1. The molecular weight excluding hydrogens is 536 g/mol. The molecule has 0 radical (unpaired) electrons. The molecule has 1 fully saturated rings. The highest BCUT2D eigenvalue weighted by molar-refractivity contribution is 7.80. The van der Waals surface area contributed by atoms with Crippen LogP contribution in [0.1, 0.15) is 16.8 Å². The quantitative estimate of drug-likeness (QED) is 0.449. The van der Waals surface area contributed by atoms with Crippen LogP contribution in [0, 0.1) is 6.92 Å². The summed E-state index contributed by atoms with van der Waals surface area (Å²) in [6.07, 6.45) is -1.00. The van der Waals surface area contributed by atoms with Crippen molar-refractivity contribution < 1.29 is 14.3 Å². The van der Waals surface area contributed by atoms with Gasteiger partial charge in [0.15, 0.2) is 5.11 Å². The van der Waals surface area contributed by atoms with Gasteiger partial charge in [0.1, 0.15) is 0 Å². The molecular formula is C28H29ClN6O3S. The lowest BCUT2D eigenvalue weighted by molar-refractivity contribution is -0.119. The fourth-order valence-electron chi connectivity index (χ4n) is 4.59. The summed E-state index contributed by atoms with van der Waals surface area (Å²) in [6, 6.07) is 16.9. The molecule has 9 nitrogen and oxygen atoms in total. The highest BCUT2D eigenvalue weighted by atomic mass is 35.5. The summed E-state index contributed by atoms with van der Waals surface area (Å²) in [7, 11) is 3.25. The number of morpholine rings is 1. The fourth-order valence-corrected chi connectivity index (χ4v) is 4.99. The van der Waals surface area contributed by atoms with Crippen molar-refractivity contribution in [3.05, 3.63) is 76.4 Å². The van der Waals surface area contributed by atoms with Gasteiger partial charge in [0.2, 0.25) is 12.0 Å². The Morgan fingerprint density at radius 1 is 1.15 bits per heavy atom. The number of methoxy groups -OCH3 is 1. The Bertz CT molecular complexity index is 1440. The van der Waals surface area contributed by atoms with Crippen LogP contribution < -0.4 is 25.2 Å². The molecule has 0 saturated carbocycles. The highest BCUT2D eigenvalue weighted by Gasteiger charge is 2.31. The molecule has 3 aromatic rings. The van der Waals surface area contributed by atoms with Gasteiger partial charge in [0.05, 0.1) is 37.4 Å². The monoisotopic (exact) mass is 564 g/mol. The average molecular weight is 565 g/mol. The van der Waals surface area contributed by atoms with Crippen molar-refractivity contribution in [2.24, 2.45) is 4.99 Å². The van der Waals surface area contributed by atoms with Crippen molar-refractivity contribution in [2.45, 2.75) is 13.1 Å². The number of carbonyl (C=O) groups is 1. The van der Waals surface area contributed by atoms with E-state index in [2.05, 4.69) is 32.7 Å². The Hall–Kier alpha value is -3.73. The summed E-state index contributed by atoms with van der Waals surface area (Å²) >= 11 is 12.0. The normalized spacial score (nSPS) is 17.2. The molecule has 1 unspecified atom stereocenters. The molecule has 0 bridgehead atoms. The number of benzodiazepines with no additional fused rings is 1. The molecule has 2 aliphatic heterocycles. The number of hydrogen-bond acceptors (Lipinski definition) is 7. The number of nitrogens with one attached hydrogen (secondary N) is 2. The number of benzene rings is 2. The maximum atomic E-state index is 13.5. The standard InChI is InChI=1S/C28H29ClN6O3S/c1-17-15-19(35-11-13-38-14-12-35)8-9-21(17)31-28(39)33-26-27(36)34(2)23-10-7-18(29)16-20(23)25(32-26)22-5-4-6-24(30-22)37-3/h4-10,15-16,26H,11-14H2,1-3H3,(H2,31,33,39). The van der Waals surface area contributed by atoms with Crippen molar-refractivity contribution >= 4 is 57.6 Å². The number of likely N-dealkylation sites (N-methyl/N-ethyl adjacent to an activating group) is 1. The minimum Gasteiger partial charge on any atom is -0.481 e. The number of aliphatic imine (C=N–C) groups is 1. The van der Waals surface area contributed by atoms with Crippen molar-refractivity contribution in [3.63, 3.8) is 0 Å². The molecule has 11 heteroatoms. The smallest absolute Gasteiger partial charge is 0.272 e. The van der Waals surface area contributed by atoms with Crippen LogP contribution in [0.25, 0.3) is 0 Å². The van der Waals surface area contributed by atoms with E-state index in [0.29, 0.717) is 33.6 Å². The predicted octanol–water partition coefficient (Wildman–Crippen LogP) is 4.02. The van der Waals surface area contributed by atoms with Gasteiger partial charge >= 0.3 is 0 Å². The van der Waals surface area contributed by atoms with Gasteiger partial charge in [-0.25, -0.2) is 9.98 Å². The lowest BCUT2D eigenvalue weighted by Crippen LogP contribution is -2.47. The minimum atomic E-state index is -1.00. The van der Waals surface area contributed by atoms with Crippen molar-refractivity contribution in [1.29, 1.82) is 0 Å². The van der Waals surface area contributed by atoms with Crippen LogP contribution in [-0.2, 0) is 9.53 Å². The first-order valence-corrected chi connectivity index (χ1v) is 13.3. The number of hydrogen-bond donors (Lipinski definition) is 2. The summed E-state index contributed by atoms with van der Waals surface area (Å²) in [5.74, 6) is 0.153. The van der Waals surface area contributed by atoms with E-state index in [4.69, 9.17) is 38.3 Å². The van der Waals surface area contributed by atoms with Gasteiger partial charge in [-0.2, -0.15) is 0 Å². The third-order valence-corrected chi connectivity index (χ3v) is 7.13. The summed E-state index contributed by atoms with van der Waals surface area (Å²) in [5, 5.41) is 7.11. The largest absolute Gasteiger partial charge is 0.481 e. The molecule has 5 rings (SSSR count). The van der Waals surface area contributed by atoms with E-state index in [1.54, 1.807) is 43.3 Å². The minimum absolute atomic E-state index is 0.273. The number of amides is 1. The topological polar surface area (TPSA) is 91.3 Å². The van der Waals surface area contributed by atoms with E-state index < -0.39 is 6.17 Å². The molecule has 1 aromatic heterocycles. The van der Waals surface area contributed by atoms with Gasteiger partial charge in [-0.1, -0.05) is 17.7 Å². The Labute approximate surface area is 237 Å². The number of fused-ring (bicyclic) bond motifs is 1.